The van der Waals surface area contributed by atoms with Crippen molar-refractivity contribution in [1.82, 2.24) is 0 Å². The van der Waals surface area contributed by atoms with Crippen LogP contribution in [-0.2, 0) is 4.79 Å². The lowest BCUT2D eigenvalue weighted by atomic mass is 9.70. The molecular weight excluding hydrogens is 184 g/mol. The molecule has 84 valence electrons. The highest BCUT2D eigenvalue weighted by molar-refractivity contribution is 5.88. The lowest BCUT2D eigenvalue weighted by Crippen LogP contribution is -2.27. The van der Waals surface area contributed by atoms with Gasteiger partial charge in [0.05, 0.1) is 0 Å². The van der Waals surface area contributed by atoms with Gasteiger partial charge in [0.15, 0.2) is 0 Å². The topological polar surface area (TPSA) is 17.1 Å². The minimum absolute atomic E-state index is 0.488. The summed E-state index contributed by atoms with van der Waals surface area (Å²) in [6.45, 7) is 7.07. The first-order chi connectivity index (χ1) is 7.09. The molecule has 0 aliphatic heterocycles. The zero-order valence-electron chi connectivity index (χ0n) is 10.1. The maximum Gasteiger partial charge on any atom is 0.136 e. The van der Waals surface area contributed by atoms with Crippen molar-refractivity contribution in [2.75, 3.05) is 0 Å². The van der Waals surface area contributed by atoms with Gasteiger partial charge in [-0.15, -0.1) is 0 Å². The average molecular weight is 206 g/mol. The van der Waals surface area contributed by atoms with Crippen molar-refractivity contribution in [1.29, 1.82) is 0 Å². The Labute approximate surface area is 92.6 Å². The van der Waals surface area contributed by atoms with Crippen LogP contribution in [0.1, 0.15) is 46.5 Å². The fourth-order valence-electron chi connectivity index (χ4n) is 4.97. The smallest absolute Gasteiger partial charge is 0.136 e. The van der Waals surface area contributed by atoms with Gasteiger partial charge in [-0.3, -0.25) is 4.79 Å². The summed E-state index contributed by atoms with van der Waals surface area (Å²) in [5.74, 6) is 4.30. The van der Waals surface area contributed by atoms with Crippen molar-refractivity contribution < 1.29 is 4.79 Å². The van der Waals surface area contributed by atoms with Gasteiger partial charge in [-0.05, 0) is 48.3 Å². The van der Waals surface area contributed by atoms with Crippen LogP contribution >= 0.6 is 0 Å². The van der Waals surface area contributed by atoms with E-state index in [-0.39, 0.29) is 0 Å². The molecule has 0 amide bonds. The lowest BCUT2D eigenvalue weighted by Gasteiger charge is -2.35. The number of rotatable bonds is 1. The first-order valence-corrected chi connectivity index (χ1v) is 6.61. The van der Waals surface area contributed by atoms with Gasteiger partial charge in [0.25, 0.3) is 0 Å². The zero-order valence-corrected chi connectivity index (χ0v) is 10.1. The van der Waals surface area contributed by atoms with Crippen molar-refractivity contribution in [3.63, 3.8) is 0 Å². The molecule has 1 spiro atoms. The van der Waals surface area contributed by atoms with E-state index in [1.165, 1.54) is 19.3 Å². The molecule has 3 saturated carbocycles. The number of ketones is 1. The van der Waals surface area contributed by atoms with Crippen molar-refractivity contribution in [2.45, 2.75) is 46.5 Å². The van der Waals surface area contributed by atoms with Crippen LogP contribution in [0, 0.1) is 35.0 Å². The Morgan fingerprint density at radius 2 is 2.07 bits per heavy atom. The van der Waals surface area contributed by atoms with Crippen molar-refractivity contribution in [3.8, 4) is 0 Å². The van der Waals surface area contributed by atoms with E-state index in [0.717, 1.165) is 30.1 Å². The molecule has 0 radical (unpaired) electrons. The second-order valence-corrected chi connectivity index (χ2v) is 6.47. The highest BCUT2D eigenvalue weighted by atomic mass is 16.1. The van der Waals surface area contributed by atoms with Crippen LogP contribution in [0.25, 0.3) is 0 Å². The van der Waals surface area contributed by atoms with Crippen LogP contribution in [0.15, 0.2) is 0 Å². The van der Waals surface area contributed by atoms with E-state index in [1.807, 2.05) is 0 Å². The predicted octanol–water partition coefficient (Wildman–Crippen LogP) is 3.28. The van der Waals surface area contributed by atoms with Gasteiger partial charge >= 0.3 is 0 Å². The highest BCUT2D eigenvalue weighted by Crippen LogP contribution is 2.76. The predicted molar refractivity (Wildman–Crippen MR) is 60.4 cm³/mol. The SMILES string of the molecule is CC(C)[C@@H]1CC[C@@H](C)C23CCC(=O)C2C13. The van der Waals surface area contributed by atoms with Crippen LogP contribution in [-0.4, -0.2) is 5.78 Å². The lowest BCUT2D eigenvalue weighted by molar-refractivity contribution is -0.119. The molecule has 15 heavy (non-hydrogen) atoms. The van der Waals surface area contributed by atoms with Gasteiger partial charge in [0, 0.05) is 12.3 Å². The van der Waals surface area contributed by atoms with Crippen molar-refractivity contribution >= 4 is 5.78 Å². The van der Waals surface area contributed by atoms with Gasteiger partial charge in [-0.25, -0.2) is 0 Å². The van der Waals surface area contributed by atoms with Crippen LogP contribution < -0.4 is 0 Å². The second-order valence-electron chi connectivity index (χ2n) is 6.47. The van der Waals surface area contributed by atoms with E-state index >= 15 is 0 Å². The summed E-state index contributed by atoms with van der Waals surface area (Å²) < 4.78 is 0. The molecule has 3 fully saturated rings. The Morgan fingerprint density at radius 3 is 2.73 bits per heavy atom. The first-order valence-electron chi connectivity index (χ1n) is 6.61. The number of fused-ring (bicyclic) bond motifs is 1. The number of hydrogen-bond donors (Lipinski definition) is 0. The van der Waals surface area contributed by atoms with E-state index in [4.69, 9.17) is 0 Å². The van der Waals surface area contributed by atoms with Gasteiger partial charge in [-0.2, -0.15) is 0 Å². The number of carbonyl (C=O) groups excluding carboxylic acids is 1. The molecule has 0 bridgehead atoms. The summed E-state index contributed by atoms with van der Waals surface area (Å²) in [6.07, 6.45) is 4.83. The fourth-order valence-corrected chi connectivity index (χ4v) is 4.97. The third-order valence-corrected chi connectivity index (χ3v) is 5.77. The Bertz CT molecular complexity index is 306. The van der Waals surface area contributed by atoms with Gasteiger partial charge in [0.1, 0.15) is 5.78 Å². The minimum Gasteiger partial charge on any atom is -0.299 e. The molecule has 0 aromatic carbocycles. The third kappa shape index (κ3) is 1.02. The van der Waals surface area contributed by atoms with Gasteiger partial charge < -0.3 is 0 Å². The summed E-state index contributed by atoms with van der Waals surface area (Å²) in [6, 6.07) is 0. The molecule has 3 aliphatic rings. The Morgan fingerprint density at radius 1 is 1.33 bits per heavy atom. The molecule has 5 atom stereocenters. The maximum absolute atomic E-state index is 11.9. The Hall–Kier alpha value is -0.330. The van der Waals surface area contributed by atoms with E-state index in [9.17, 15) is 4.79 Å². The van der Waals surface area contributed by atoms with E-state index in [0.29, 0.717) is 17.1 Å². The second kappa shape index (κ2) is 2.87. The van der Waals surface area contributed by atoms with Crippen molar-refractivity contribution in [2.24, 2.45) is 35.0 Å². The Kier molecular flexibility index (Phi) is 1.88. The van der Waals surface area contributed by atoms with E-state index < -0.39 is 0 Å². The molecule has 3 rings (SSSR count). The molecule has 1 heteroatoms. The Balaban J connectivity index is 1.91. The highest BCUT2D eigenvalue weighted by Gasteiger charge is 2.75. The minimum atomic E-state index is 0.488. The quantitative estimate of drug-likeness (QED) is 0.643. The summed E-state index contributed by atoms with van der Waals surface area (Å²) in [5, 5.41) is 0. The molecule has 3 aliphatic carbocycles. The van der Waals surface area contributed by atoms with Crippen LogP contribution in [0.4, 0.5) is 0 Å². The summed E-state index contributed by atoms with van der Waals surface area (Å²) in [5.41, 5.74) is 0.490. The standard InChI is InChI=1S/C14H22O/c1-8(2)10-5-4-9(3)14-7-6-11(15)13(14)12(10)14/h8-10,12-13H,4-7H2,1-3H3/t9-,10+,12?,13?,14?/m1/s1. The summed E-state index contributed by atoms with van der Waals surface area (Å²) >= 11 is 0. The third-order valence-electron chi connectivity index (χ3n) is 5.77. The number of Topliss-reactive ketones (excluding diaryl/α,β-unsaturated/α-hetero) is 1. The normalized spacial score (nSPS) is 52.9. The zero-order chi connectivity index (χ0) is 10.8. The van der Waals surface area contributed by atoms with E-state index in [1.54, 1.807) is 0 Å². The molecule has 0 saturated heterocycles. The maximum atomic E-state index is 11.9. The first kappa shape index (κ1) is 9.86. The molecule has 0 heterocycles. The number of hydrogen-bond acceptors (Lipinski definition) is 1. The largest absolute Gasteiger partial charge is 0.299 e. The van der Waals surface area contributed by atoms with Crippen molar-refractivity contribution in [3.05, 3.63) is 0 Å². The summed E-state index contributed by atoms with van der Waals surface area (Å²) in [7, 11) is 0. The van der Waals surface area contributed by atoms with E-state index in [2.05, 4.69) is 20.8 Å². The molecule has 0 N–H and O–H groups in total. The molecule has 0 aromatic rings. The molecule has 3 unspecified atom stereocenters. The molecular formula is C14H22O. The fraction of sp³-hybridized carbons (Fsp3) is 0.929. The van der Waals surface area contributed by atoms with Crippen LogP contribution in [0.5, 0.6) is 0 Å². The van der Waals surface area contributed by atoms with Crippen LogP contribution in [0.3, 0.4) is 0 Å². The number of carbonyl (C=O) groups is 1. The monoisotopic (exact) mass is 206 g/mol. The average Bonchev–Trinajstić information content (AvgIpc) is 2.75. The summed E-state index contributed by atoms with van der Waals surface area (Å²) in [4.78, 5) is 11.9. The van der Waals surface area contributed by atoms with Gasteiger partial charge in [0.2, 0.25) is 0 Å². The van der Waals surface area contributed by atoms with Crippen LogP contribution in [0.2, 0.25) is 0 Å². The molecule has 1 nitrogen and oxygen atoms in total. The van der Waals surface area contributed by atoms with Gasteiger partial charge in [-0.1, -0.05) is 20.8 Å². The molecule has 0 aromatic heterocycles.